The fourth-order valence-electron chi connectivity index (χ4n) is 4.36. The summed E-state index contributed by atoms with van der Waals surface area (Å²) in [5.74, 6) is 0.0626. The predicted molar refractivity (Wildman–Crippen MR) is 90.9 cm³/mol. The molecule has 2 saturated carbocycles. The first-order chi connectivity index (χ1) is 11.2. The van der Waals surface area contributed by atoms with Gasteiger partial charge in [-0.05, 0) is 31.7 Å². The average molecular weight is 316 g/mol. The van der Waals surface area contributed by atoms with E-state index in [0.717, 1.165) is 18.6 Å². The third kappa shape index (κ3) is 3.29. The summed E-state index contributed by atoms with van der Waals surface area (Å²) >= 11 is 0. The maximum atomic E-state index is 12.4. The zero-order chi connectivity index (χ0) is 16.3. The van der Waals surface area contributed by atoms with Gasteiger partial charge < -0.3 is 15.8 Å². The van der Waals surface area contributed by atoms with E-state index in [9.17, 15) is 4.79 Å². The van der Waals surface area contributed by atoms with Crippen LogP contribution in [0.15, 0.2) is 30.3 Å². The van der Waals surface area contributed by atoms with E-state index >= 15 is 0 Å². The van der Waals surface area contributed by atoms with Crippen molar-refractivity contribution in [2.75, 3.05) is 6.61 Å². The zero-order valence-corrected chi connectivity index (χ0v) is 14.0. The molecule has 3 atom stereocenters. The molecule has 0 aromatic heterocycles. The van der Waals surface area contributed by atoms with Crippen LogP contribution in [0.1, 0.15) is 57.1 Å². The number of rotatable bonds is 6. The first kappa shape index (κ1) is 16.5. The van der Waals surface area contributed by atoms with Crippen LogP contribution < -0.4 is 11.1 Å². The molecule has 0 heterocycles. The SMILES string of the molecule is CCOC1CC(NC(=O)CC(N)c2ccccc2)C12CCCC2. The maximum Gasteiger partial charge on any atom is 0.222 e. The standard InChI is InChI=1S/C19H28N2O2/c1-2-23-17-13-16(19(17)10-6-7-11-19)21-18(22)12-15(20)14-8-4-3-5-9-14/h3-5,8-9,15-17H,2,6-7,10-13,20H2,1H3,(H,21,22). The highest BCUT2D eigenvalue weighted by Crippen LogP contribution is 2.54. The van der Waals surface area contributed by atoms with E-state index in [2.05, 4.69) is 5.32 Å². The maximum absolute atomic E-state index is 12.4. The largest absolute Gasteiger partial charge is 0.378 e. The molecule has 0 saturated heterocycles. The van der Waals surface area contributed by atoms with Gasteiger partial charge >= 0.3 is 0 Å². The fraction of sp³-hybridized carbons (Fsp3) is 0.632. The minimum atomic E-state index is -0.238. The molecule has 2 fully saturated rings. The van der Waals surface area contributed by atoms with Gasteiger partial charge in [-0.15, -0.1) is 0 Å². The number of hydrogen-bond acceptors (Lipinski definition) is 3. The van der Waals surface area contributed by atoms with Crippen molar-refractivity contribution >= 4 is 5.91 Å². The van der Waals surface area contributed by atoms with Gasteiger partial charge in [0, 0.05) is 30.5 Å². The van der Waals surface area contributed by atoms with Gasteiger partial charge in [0.1, 0.15) is 0 Å². The second kappa shape index (κ2) is 7.02. The van der Waals surface area contributed by atoms with Crippen molar-refractivity contribution in [3.63, 3.8) is 0 Å². The third-order valence-electron chi connectivity index (χ3n) is 5.66. The van der Waals surface area contributed by atoms with Gasteiger partial charge in [0.15, 0.2) is 0 Å². The number of nitrogens with one attached hydrogen (secondary N) is 1. The van der Waals surface area contributed by atoms with E-state index < -0.39 is 0 Å². The van der Waals surface area contributed by atoms with Crippen LogP contribution in [-0.4, -0.2) is 24.7 Å². The van der Waals surface area contributed by atoms with Crippen LogP contribution in [0.25, 0.3) is 0 Å². The quantitative estimate of drug-likeness (QED) is 0.848. The van der Waals surface area contributed by atoms with Crippen molar-refractivity contribution in [2.24, 2.45) is 11.1 Å². The molecule has 1 aromatic carbocycles. The van der Waals surface area contributed by atoms with E-state index in [1.165, 1.54) is 25.7 Å². The Morgan fingerprint density at radius 2 is 2.04 bits per heavy atom. The van der Waals surface area contributed by atoms with Crippen LogP contribution >= 0.6 is 0 Å². The summed E-state index contributed by atoms with van der Waals surface area (Å²) in [6.07, 6.45) is 6.46. The van der Waals surface area contributed by atoms with Gasteiger partial charge in [0.2, 0.25) is 5.91 Å². The second-order valence-electron chi connectivity index (χ2n) is 6.96. The molecule has 126 valence electrons. The Labute approximate surface area is 138 Å². The third-order valence-corrected chi connectivity index (χ3v) is 5.66. The lowest BCUT2D eigenvalue weighted by Crippen LogP contribution is -2.63. The highest BCUT2D eigenvalue weighted by molar-refractivity contribution is 5.77. The van der Waals surface area contributed by atoms with Crippen molar-refractivity contribution in [3.8, 4) is 0 Å². The molecule has 4 nitrogen and oxygen atoms in total. The fourth-order valence-corrected chi connectivity index (χ4v) is 4.36. The van der Waals surface area contributed by atoms with E-state index in [1.807, 2.05) is 37.3 Å². The molecule has 0 radical (unpaired) electrons. The molecule has 2 aliphatic carbocycles. The van der Waals surface area contributed by atoms with Crippen LogP contribution in [0.3, 0.4) is 0 Å². The van der Waals surface area contributed by atoms with Crippen LogP contribution in [0.4, 0.5) is 0 Å². The summed E-state index contributed by atoms with van der Waals surface area (Å²) in [6, 6.07) is 9.85. The van der Waals surface area contributed by atoms with Gasteiger partial charge in [-0.2, -0.15) is 0 Å². The molecule has 3 rings (SSSR count). The summed E-state index contributed by atoms with van der Waals surface area (Å²) in [6.45, 7) is 2.80. The highest BCUT2D eigenvalue weighted by Gasteiger charge is 2.57. The van der Waals surface area contributed by atoms with E-state index in [1.54, 1.807) is 0 Å². The van der Waals surface area contributed by atoms with Crippen LogP contribution in [0, 0.1) is 5.41 Å². The summed E-state index contributed by atoms with van der Waals surface area (Å²) in [7, 11) is 0. The van der Waals surface area contributed by atoms with Crippen molar-refractivity contribution in [1.82, 2.24) is 5.32 Å². The number of carbonyl (C=O) groups excluding carboxylic acids is 1. The summed E-state index contributed by atoms with van der Waals surface area (Å²) < 4.78 is 5.90. The summed E-state index contributed by atoms with van der Waals surface area (Å²) in [5, 5.41) is 3.24. The van der Waals surface area contributed by atoms with Gasteiger partial charge in [0.05, 0.1) is 6.10 Å². The number of ether oxygens (including phenoxy) is 1. The van der Waals surface area contributed by atoms with Gasteiger partial charge in [-0.3, -0.25) is 4.79 Å². The van der Waals surface area contributed by atoms with Crippen LogP contribution in [0.2, 0.25) is 0 Å². The molecule has 0 aliphatic heterocycles. The van der Waals surface area contributed by atoms with E-state index in [-0.39, 0.29) is 23.4 Å². The molecule has 23 heavy (non-hydrogen) atoms. The minimum absolute atomic E-state index is 0.0626. The molecule has 0 bridgehead atoms. The Morgan fingerprint density at radius 3 is 2.70 bits per heavy atom. The Balaban J connectivity index is 1.56. The molecule has 1 amide bonds. The second-order valence-corrected chi connectivity index (χ2v) is 6.96. The molecule has 4 heteroatoms. The predicted octanol–water partition coefficient (Wildman–Crippen LogP) is 2.93. The molecular formula is C19H28N2O2. The van der Waals surface area contributed by atoms with E-state index in [0.29, 0.717) is 12.5 Å². The Hall–Kier alpha value is -1.39. The lowest BCUT2D eigenvalue weighted by molar-refractivity contribution is -0.144. The van der Waals surface area contributed by atoms with Crippen molar-refractivity contribution in [1.29, 1.82) is 0 Å². The Bertz CT molecular complexity index is 525. The molecule has 2 aliphatic rings. The number of carbonyl (C=O) groups is 1. The topological polar surface area (TPSA) is 64.3 Å². The zero-order valence-electron chi connectivity index (χ0n) is 14.0. The molecular weight excluding hydrogens is 288 g/mol. The first-order valence-corrected chi connectivity index (χ1v) is 8.87. The van der Waals surface area contributed by atoms with Crippen LogP contribution in [-0.2, 0) is 9.53 Å². The minimum Gasteiger partial charge on any atom is -0.378 e. The molecule has 3 unspecified atom stereocenters. The Kier molecular flexibility index (Phi) is 5.02. The lowest BCUT2D eigenvalue weighted by Gasteiger charge is -2.54. The molecule has 3 N–H and O–H groups in total. The average Bonchev–Trinajstić information content (AvgIpc) is 3.07. The summed E-state index contributed by atoms with van der Waals surface area (Å²) in [5.41, 5.74) is 7.36. The number of benzene rings is 1. The molecule has 1 aromatic rings. The molecule has 1 spiro atoms. The normalized spacial score (nSPS) is 26.7. The number of hydrogen-bond donors (Lipinski definition) is 2. The Morgan fingerprint density at radius 1 is 1.35 bits per heavy atom. The summed E-state index contributed by atoms with van der Waals surface area (Å²) in [4.78, 5) is 12.4. The first-order valence-electron chi connectivity index (χ1n) is 8.87. The van der Waals surface area contributed by atoms with Gasteiger partial charge in [-0.25, -0.2) is 0 Å². The highest BCUT2D eigenvalue weighted by atomic mass is 16.5. The van der Waals surface area contributed by atoms with Gasteiger partial charge in [0.25, 0.3) is 0 Å². The van der Waals surface area contributed by atoms with Crippen molar-refractivity contribution < 1.29 is 9.53 Å². The lowest BCUT2D eigenvalue weighted by atomic mass is 9.60. The van der Waals surface area contributed by atoms with Gasteiger partial charge in [-0.1, -0.05) is 43.2 Å². The number of nitrogens with two attached hydrogens (primary N) is 1. The van der Waals surface area contributed by atoms with E-state index in [4.69, 9.17) is 10.5 Å². The van der Waals surface area contributed by atoms with Crippen LogP contribution in [0.5, 0.6) is 0 Å². The van der Waals surface area contributed by atoms with Crippen molar-refractivity contribution in [3.05, 3.63) is 35.9 Å². The smallest absolute Gasteiger partial charge is 0.222 e. The monoisotopic (exact) mass is 316 g/mol. The number of amides is 1. The van der Waals surface area contributed by atoms with Crippen molar-refractivity contribution in [2.45, 2.75) is 63.6 Å².